The van der Waals surface area contributed by atoms with Gasteiger partial charge in [0, 0.05) is 18.7 Å². The van der Waals surface area contributed by atoms with E-state index in [1.165, 1.54) is 6.39 Å². The average Bonchev–Trinajstić information content (AvgIpc) is 2.97. The van der Waals surface area contributed by atoms with E-state index in [2.05, 4.69) is 25.0 Å². The number of fused-ring (bicyclic) bond motifs is 1. The number of nitrogens with one attached hydrogen (secondary N) is 1. The Morgan fingerprint density at radius 1 is 1.39 bits per heavy atom. The van der Waals surface area contributed by atoms with Crippen LogP contribution in [0.2, 0.25) is 0 Å². The Balaban J connectivity index is 1.67. The van der Waals surface area contributed by atoms with E-state index in [4.69, 9.17) is 5.73 Å². The minimum atomic E-state index is 0.688. The van der Waals surface area contributed by atoms with Gasteiger partial charge in [0.1, 0.15) is 0 Å². The summed E-state index contributed by atoms with van der Waals surface area (Å²) in [5, 5.41) is 7.85. The van der Waals surface area contributed by atoms with Crippen LogP contribution in [0.1, 0.15) is 5.82 Å². The van der Waals surface area contributed by atoms with E-state index in [1.54, 1.807) is 11.3 Å². The van der Waals surface area contributed by atoms with Crippen LogP contribution in [-0.4, -0.2) is 21.7 Å². The van der Waals surface area contributed by atoms with E-state index in [0.717, 1.165) is 27.6 Å². The number of aromatic nitrogens is 3. The third-order valence-electron chi connectivity index (χ3n) is 2.44. The Bertz CT molecular complexity index is 649. The fraction of sp³-hybridized carbons (Fsp3) is 0.182. The molecule has 2 aromatic heterocycles. The number of benzene rings is 1. The third kappa shape index (κ3) is 2.25. The average molecular weight is 261 g/mol. The van der Waals surface area contributed by atoms with Gasteiger partial charge in [0.25, 0.3) is 0 Å². The third-order valence-corrected chi connectivity index (χ3v) is 3.42. The van der Waals surface area contributed by atoms with Gasteiger partial charge >= 0.3 is 0 Å². The van der Waals surface area contributed by atoms with Gasteiger partial charge in [-0.25, -0.2) is 4.98 Å². The maximum Gasteiger partial charge on any atom is 0.213 e. The molecule has 0 saturated heterocycles. The van der Waals surface area contributed by atoms with E-state index >= 15 is 0 Å². The minimum Gasteiger partial charge on any atom is -0.399 e. The zero-order chi connectivity index (χ0) is 12.4. The highest BCUT2D eigenvalue weighted by molar-refractivity contribution is 7.22. The molecular formula is C11H11N5OS. The number of rotatable bonds is 4. The molecule has 0 atom stereocenters. The lowest BCUT2D eigenvalue weighted by Gasteiger charge is -1.97. The molecule has 0 bridgehead atoms. The van der Waals surface area contributed by atoms with Crippen molar-refractivity contribution in [1.82, 2.24) is 15.1 Å². The first kappa shape index (κ1) is 11.0. The molecule has 0 aliphatic rings. The SMILES string of the molecule is Nc1ccc2nc(NCCc3ncon3)sc2c1. The van der Waals surface area contributed by atoms with Crippen LogP contribution in [0.15, 0.2) is 29.1 Å². The molecule has 0 aliphatic heterocycles. The zero-order valence-corrected chi connectivity index (χ0v) is 10.3. The first-order valence-electron chi connectivity index (χ1n) is 5.46. The predicted molar refractivity (Wildman–Crippen MR) is 70.5 cm³/mol. The molecule has 0 saturated carbocycles. The first-order chi connectivity index (χ1) is 8.81. The highest BCUT2D eigenvalue weighted by Gasteiger charge is 2.04. The molecule has 0 radical (unpaired) electrons. The van der Waals surface area contributed by atoms with Crippen LogP contribution in [0, 0.1) is 0 Å². The van der Waals surface area contributed by atoms with Gasteiger partial charge < -0.3 is 15.6 Å². The minimum absolute atomic E-state index is 0.688. The van der Waals surface area contributed by atoms with Gasteiger partial charge in [-0.15, -0.1) is 0 Å². The number of nitrogens with two attached hydrogens (primary N) is 1. The lowest BCUT2D eigenvalue weighted by Crippen LogP contribution is -2.05. The van der Waals surface area contributed by atoms with E-state index in [0.29, 0.717) is 12.2 Å². The Kier molecular flexibility index (Phi) is 2.81. The molecule has 0 amide bonds. The van der Waals surface area contributed by atoms with Crippen molar-refractivity contribution in [1.29, 1.82) is 0 Å². The summed E-state index contributed by atoms with van der Waals surface area (Å²) >= 11 is 1.58. The monoisotopic (exact) mass is 261 g/mol. The summed E-state index contributed by atoms with van der Waals surface area (Å²) in [6.07, 6.45) is 2.03. The molecular weight excluding hydrogens is 250 g/mol. The van der Waals surface area contributed by atoms with Crippen molar-refractivity contribution in [2.75, 3.05) is 17.6 Å². The van der Waals surface area contributed by atoms with Crippen molar-refractivity contribution in [3.63, 3.8) is 0 Å². The zero-order valence-electron chi connectivity index (χ0n) is 9.46. The van der Waals surface area contributed by atoms with E-state index in [-0.39, 0.29) is 0 Å². The van der Waals surface area contributed by atoms with Crippen molar-refractivity contribution < 1.29 is 4.52 Å². The first-order valence-corrected chi connectivity index (χ1v) is 6.28. The van der Waals surface area contributed by atoms with Gasteiger partial charge in [0.2, 0.25) is 6.39 Å². The topological polar surface area (TPSA) is 89.9 Å². The van der Waals surface area contributed by atoms with Crippen molar-refractivity contribution in [2.24, 2.45) is 0 Å². The van der Waals surface area contributed by atoms with Crippen molar-refractivity contribution in [3.8, 4) is 0 Å². The van der Waals surface area contributed by atoms with Crippen molar-refractivity contribution in [3.05, 3.63) is 30.4 Å². The van der Waals surface area contributed by atoms with Crippen LogP contribution in [0.3, 0.4) is 0 Å². The maximum absolute atomic E-state index is 5.73. The Morgan fingerprint density at radius 2 is 2.33 bits per heavy atom. The van der Waals surface area contributed by atoms with Gasteiger partial charge in [0.15, 0.2) is 11.0 Å². The summed E-state index contributed by atoms with van der Waals surface area (Å²) in [5.41, 5.74) is 7.44. The summed E-state index contributed by atoms with van der Waals surface area (Å²) < 4.78 is 5.74. The molecule has 6 nitrogen and oxygen atoms in total. The Hall–Kier alpha value is -2.15. The van der Waals surface area contributed by atoms with Crippen molar-refractivity contribution in [2.45, 2.75) is 6.42 Å². The number of thiazole rings is 1. The molecule has 2 heterocycles. The Morgan fingerprint density at radius 3 is 3.17 bits per heavy atom. The standard InChI is InChI=1S/C11H11N5OS/c12-7-1-2-8-9(5-7)18-11(15-8)13-4-3-10-14-6-17-16-10/h1-2,5-6H,3-4,12H2,(H,13,15). The summed E-state index contributed by atoms with van der Waals surface area (Å²) in [6.45, 7) is 0.717. The quantitative estimate of drug-likeness (QED) is 0.697. The van der Waals surface area contributed by atoms with Gasteiger partial charge in [-0.1, -0.05) is 16.5 Å². The number of hydrogen-bond donors (Lipinski definition) is 2. The van der Waals surface area contributed by atoms with Crippen LogP contribution < -0.4 is 11.1 Å². The van der Waals surface area contributed by atoms with Gasteiger partial charge in [-0.3, -0.25) is 0 Å². The second-order valence-electron chi connectivity index (χ2n) is 3.77. The van der Waals surface area contributed by atoms with Crippen LogP contribution in [0.5, 0.6) is 0 Å². The molecule has 3 N–H and O–H groups in total. The highest BCUT2D eigenvalue weighted by Crippen LogP contribution is 2.27. The summed E-state index contributed by atoms with van der Waals surface area (Å²) in [4.78, 5) is 8.41. The van der Waals surface area contributed by atoms with E-state index in [1.807, 2.05) is 18.2 Å². The lowest BCUT2D eigenvalue weighted by molar-refractivity contribution is 0.410. The molecule has 0 spiro atoms. The molecule has 18 heavy (non-hydrogen) atoms. The predicted octanol–water partition coefficient (Wildman–Crippen LogP) is 1.92. The molecule has 7 heteroatoms. The molecule has 3 rings (SSSR count). The normalized spacial score (nSPS) is 10.9. The molecule has 0 unspecified atom stereocenters. The summed E-state index contributed by atoms with van der Waals surface area (Å²) in [5.74, 6) is 0.688. The molecule has 0 aliphatic carbocycles. The fourth-order valence-corrected chi connectivity index (χ4v) is 2.54. The second-order valence-corrected chi connectivity index (χ2v) is 4.80. The fourth-order valence-electron chi connectivity index (χ4n) is 1.60. The van der Waals surface area contributed by atoms with Crippen molar-refractivity contribution >= 4 is 32.4 Å². The van der Waals surface area contributed by atoms with E-state index in [9.17, 15) is 0 Å². The van der Waals surface area contributed by atoms with Crippen LogP contribution in [-0.2, 0) is 6.42 Å². The Labute approximate surface area is 107 Å². The van der Waals surface area contributed by atoms with E-state index < -0.39 is 0 Å². The summed E-state index contributed by atoms with van der Waals surface area (Å²) in [7, 11) is 0. The maximum atomic E-state index is 5.73. The molecule has 3 aromatic rings. The van der Waals surface area contributed by atoms with Gasteiger partial charge in [-0.2, -0.15) is 4.98 Å². The van der Waals surface area contributed by atoms with Gasteiger partial charge in [0.05, 0.1) is 10.2 Å². The van der Waals surface area contributed by atoms with Crippen LogP contribution in [0.4, 0.5) is 10.8 Å². The molecule has 1 aromatic carbocycles. The highest BCUT2D eigenvalue weighted by atomic mass is 32.1. The number of nitrogen functional groups attached to an aromatic ring is 1. The number of nitrogens with zero attached hydrogens (tertiary/aromatic N) is 3. The largest absolute Gasteiger partial charge is 0.399 e. The lowest BCUT2D eigenvalue weighted by atomic mass is 10.3. The summed E-state index contributed by atoms with van der Waals surface area (Å²) in [6, 6.07) is 5.70. The number of hydrogen-bond acceptors (Lipinski definition) is 7. The molecule has 92 valence electrons. The smallest absolute Gasteiger partial charge is 0.213 e. The van der Waals surface area contributed by atoms with Gasteiger partial charge in [-0.05, 0) is 18.2 Å². The molecule has 0 fully saturated rings. The van der Waals surface area contributed by atoms with Crippen LogP contribution >= 0.6 is 11.3 Å². The second kappa shape index (κ2) is 4.61. The van der Waals surface area contributed by atoms with Crippen LogP contribution in [0.25, 0.3) is 10.2 Å². The number of anilines is 2.